The van der Waals surface area contributed by atoms with E-state index >= 15 is 0 Å². The standard InChI is InChI=1S/C24H26N6O3S/c1-14-11-26-20-10-17(6-9-19(20)24(31)29-14)22-23(25)27-13-21(30-22)16-4-7-18(8-5-16)34(32,33)28-12-15-2-3-15/h4-10,13-15,26,28H,2-3,11-12H2,1H3,(H2,25,27)(H,29,31). The van der Waals surface area contributed by atoms with Gasteiger partial charge in [0.05, 0.1) is 22.3 Å². The van der Waals surface area contributed by atoms with Crippen molar-refractivity contribution >= 4 is 27.4 Å². The van der Waals surface area contributed by atoms with E-state index in [-0.39, 0.29) is 22.7 Å². The van der Waals surface area contributed by atoms with E-state index in [2.05, 4.69) is 20.3 Å². The number of fused-ring (bicyclic) bond motifs is 1. The lowest BCUT2D eigenvalue weighted by atomic mass is 10.1. The van der Waals surface area contributed by atoms with Crippen LogP contribution in [0, 0.1) is 5.92 Å². The van der Waals surface area contributed by atoms with Crippen molar-refractivity contribution in [2.75, 3.05) is 24.1 Å². The minimum absolute atomic E-state index is 0.00670. The Labute approximate surface area is 198 Å². The van der Waals surface area contributed by atoms with Crippen molar-refractivity contribution in [3.05, 3.63) is 54.2 Å². The zero-order valence-electron chi connectivity index (χ0n) is 18.7. The van der Waals surface area contributed by atoms with E-state index in [4.69, 9.17) is 10.7 Å². The molecule has 1 atom stereocenters. The summed E-state index contributed by atoms with van der Waals surface area (Å²) in [5.41, 5.74) is 9.90. The molecule has 176 valence electrons. The van der Waals surface area contributed by atoms with E-state index in [9.17, 15) is 13.2 Å². The molecule has 0 radical (unpaired) electrons. The van der Waals surface area contributed by atoms with Gasteiger partial charge < -0.3 is 16.4 Å². The van der Waals surface area contributed by atoms with E-state index in [0.717, 1.165) is 24.0 Å². The van der Waals surface area contributed by atoms with Gasteiger partial charge in [0.15, 0.2) is 0 Å². The number of nitrogen functional groups attached to an aromatic ring is 1. The fourth-order valence-corrected chi connectivity index (χ4v) is 4.96. The minimum atomic E-state index is -3.54. The van der Waals surface area contributed by atoms with Gasteiger partial charge in [-0.05, 0) is 49.9 Å². The topological polar surface area (TPSA) is 139 Å². The van der Waals surface area contributed by atoms with E-state index in [1.165, 1.54) is 0 Å². The Balaban J connectivity index is 1.43. The van der Waals surface area contributed by atoms with Gasteiger partial charge in [0.2, 0.25) is 10.0 Å². The number of sulfonamides is 1. The van der Waals surface area contributed by atoms with Crippen LogP contribution in [0.4, 0.5) is 11.5 Å². The number of benzene rings is 2. The molecule has 0 spiro atoms. The first-order chi connectivity index (χ1) is 16.3. The molecule has 2 aliphatic rings. The highest BCUT2D eigenvalue weighted by molar-refractivity contribution is 7.89. The monoisotopic (exact) mass is 478 g/mol. The summed E-state index contributed by atoms with van der Waals surface area (Å²) >= 11 is 0. The van der Waals surface area contributed by atoms with Crippen molar-refractivity contribution in [1.82, 2.24) is 20.0 Å². The number of nitrogens with two attached hydrogens (primary N) is 1. The van der Waals surface area contributed by atoms with Crippen LogP contribution in [-0.4, -0.2) is 43.4 Å². The molecule has 1 saturated carbocycles. The number of rotatable bonds is 6. The molecule has 1 unspecified atom stereocenters. The second-order valence-corrected chi connectivity index (χ2v) is 10.6. The predicted octanol–water partition coefficient (Wildman–Crippen LogP) is 2.62. The average molecular weight is 479 g/mol. The maximum absolute atomic E-state index is 12.5. The Morgan fingerprint density at radius 1 is 1.12 bits per heavy atom. The molecular weight excluding hydrogens is 452 g/mol. The van der Waals surface area contributed by atoms with Crippen molar-refractivity contribution in [2.24, 2.45) is 5.92 Å². The Hall–Kier alpha value is -3.50. The zero-order chi connectivity index (χ0) is 23.9. The molecule has 10 heteroatoms. The van der Waals surface area contributed by atoms with Crippen molar-refractivity contribution in [1.29, 1.82) is 0 Å². The zero-order valence-corrected chi connectivity index (χ0v) is 19.5. The quantitative estimate of drug-likeness (QED) is 0.427. The molecule has 1 aliphatic heterocycles. The minimum Gasteiger partial charge on any atom is -0.382 e. The third-order valence-corrected chi connectivity index (χ3v) is 7.47. The lowest BCUT2D eigenvalue weighted by Crippen LogP contribution is -2.34. The van der Waals surface area contributed by atoms with Crippen LogP contribution in [0.1, 0.15) is 30.1 Å². The maximum Gasteiger partial charge on any atom is 0.253 e. The van der Waals surface area contributed by atoms with Crippen LogP contribution in [-0.2, 0) is 10.0 Å². The molecule has 9 nitrogen and oxygen atoms in total. The number of nitrogens with one attached hydrogen (secondary N) is 3. The maximum atomic E-state index is 12.5. The fraction of sp³-hybridized carbons (Fsp3) is 0.292. The first-order valence-electron chi connectivity index (χ1n) is 11.2. The summed E-state index contributed by atoms with van der Waals surface area (Å²) in [6, 6.07) is 11.9. The molecule has 0 bridgehead atoms. The van der Waals surface area contributed by atoms with Crippen LogP contribution < -0.4 is 21.1 Å². The van der Waals surface area contributed by atoms with Crippen LogP contribution in [0.25, 0.3) is 22.5 Å². The molecule has 1 aromatic heterocycles. The summed E-state index contributed by atoms with van der Waals surface area (Å²) < 4.78 is 27.6. The van der Waals surface area contributed by atoms with Crippen molar-refractivity contribution in [2.45, 2.75) is 30.7 Å². The number of carbonyl (C=O) groups excluding carboxylic acids is 1. The van der Waals surface area contributed by atoms with Crippen molar-refractivity contribution in [3.63, 3.8) is 0 Å². The summed E-state index contributed by atoms with van der Waals surface area (Å²) in [7, 11) is -3.54. The molecule has 1 amide bonds. The molecule has 5 rings (SSSR count). The van der Waals surface area contributed by atoms with Gasteiger partial charge in [-0.15, -0.1) is 0 Å². The molecule has 3 aromatic rings. The molecular formula is C24H26N6O3S. The van der Waals surface area contributed by atoms with Crippen molar-refractivity contribution < 1.29 is 13.2 Å². The highest BCUT2D eigenvalue weighted by atomic mass is 32.2. The molecule has 2 aromatic carbocycles. The molecule has 5 N–H and O–H groups in total. The van der Waals surface area contributed by atoms with Gasteiger partial charge in [-0.2, -0.15) is 0 Å². The largest absolute Gasteiger partial charge is 0.382 e. The lowest BCUT2D eigenvalue weighted by Gasteiger charge is -2.12. The van der Waals surface area contributed by atoms with Gasteiger partial charge in [0, 0.05) is 35.9 Å². The Morgan fingerprint density at radius 3 is 2.59 bits per heavy atom. The fourth-order valence-electron chi connectivity index (χ4n) is 3.84. The van der Waals surface area contributed by atoms with Gasteiger partial charge in [0.1, 0.15) is 11.5 Å². The normalized spacial score (nSPS) is 17.9. The number of aromatic nitrogens is 2. The van der Waals surface area contributed by atoms with E-state index in [0.29, 0.717) is 41.6 Å². The smallest absolute Gasteiger partial charge is 0.253 e. The van der Waals surface area contributed by atoms with Gasteiger partial charge in [-0.25, -0.2) is 23.1 Å². The van der Waals surface area contributed by atoms with Crippen LogP contribution in [0.2, 0.25) is 0 Å². The summed E-state index contributed by atoms with van der Waals surface area (Å²) in [5.74, 6) is 0.589. The van der Waals surface area contributed by atoms with Gasteiger partial charge in [-0.3, -0.25) is 4.79 Å². The van der Waals surface area contributed by atoms with Crippen LogP contribution >= 0.6 is 0 Å². The molecule has 2 heterocycles. The molecule has 1 aliphatic carbocycles. The SMILES string of the molecule is CC1CNc2cc(-c3nc(-c4ccc(S(=O)(=O)NCC5CC5)cc4)cnc3N)ccc2C(=O)N1. The molecule has 1 fully saturated rings. The first-order valence-corrected chi connectivity index (χ1v) is 12.7. The Bertz CT molecular complexity index is 1350. The number of carbonyl (C=O) groups is 1. The highest BCUT2D eigenvalue weighted by Gasteiger charge is 2.24. The van der Waals surface area contributed by atoms with Gasteiger partial charge in [-0.1, -0.05) is 18.2 Å². The Kier molecular flexibility index (Phi) is 5.70. The Morgan fingerprint density at radius 2 is 1.85 bits per heavy atom. The van der Waals surface area contributed by atoms with Crippen molar-refractivity contribution in [3.8, 4) is 22.5 Å². The molecule has 34 heavy (non-hydrogen) atoms. The summed E-state index contributed by atoms with van der Waals surface area (Å²) in [6.07, 6.45) is 3.71. The van der Waals surface area contributed by atoms with Crippen LogP contribution in [0.15, 0.2) is 53.6 Å². The number of hydrogen-bond acceptors (Lipinski definition) is 7. The second kappa shape index (κ2) is 8.69. The first kappa shape index (κ1) is 22.3. The summed E-state index contributed by atoms with van der Waals surface area (Å²) in [6.45, 7) is 3.02. The third-order valence-electron chi connectivity index (χ3n) is 6.03. The summed E-state index contributed by atoms with van der Waals surface area (Å²) in [4.78, 5) is 21.6. The van der Waals surface area contributed by atoms with E-state index < -0.39 is 10.0 Å². The van der Waals surface area contributed by atoms with E-state index in [1.807, 2.05) is 13.0 Å². The van der Waals surface area contributed by atoms with Crippen LogP contribution in [0.3, 0.4) is 0 Å². The number of nitrogens with zero attached hydrogens (tertiary/aromatic N) is 2. The number of amides is 1. The predicted molar refractivity (Wildman–Crippen MR) is 131 cm³/mol. The summed E-state index contributed by atoms with van der Waals surface area (Å²) in [5, 5.41) is 6.22. The number of hydrogen-bond donors (Lipinski definition) is 4. The van der Waals surface area contributed by atoms with Gasteiger partial charge in [0.25, 0.3) is 5.91 Å². The highest BCUT2D eigenvalue weighted by Crippen LogP contribution is 2.31. The lowest BCUT2D eigenvalue weighted by molar-refractivity contribution is 0.0945. The third kappa shape index (κ3) is 4.59. The van der Waals surface area contributed by atoms with Crippen LogP contribution in [0.5, 0.6) is 0 Å². The average Bonchev–Trinajstić information content (AvgIpc) is 3.67. The van der Waals surface area contributed by atoms with E-state index in [1.54, 1.807) is 42.6 Å². The number of anilines is 2. The molecule has 0 saturated heterocycles. The van der Waals surface area contributed by atoms with Gasteiger partial charge >= 0.3 is 0 Å². The second-order valence-electron chi connectivity index (χ2n) is 8.82.